The Morgan fingerprint density at radius 2 is 1.65 bits per heavy atom. The molecule has 7 heteroatoms. The summed E-state index contributed by atoms with van der Waals surface area (Å²) in [7, 11) is 2.07. The number of carbonyl (C=O) groups excluding carboxylic acids is 2. The van der Waals surface area contributed by atoms with Gasteiger partial charge in [-0.25, -0.2) is 0 Å². The fourth-order valence-corrected chi connectivity index (χ4v) is 3.23. The second-order valence-corrected chi connectivity index (χ2v) is 5.89. The highest BCUT2D eigenvalue weighted by molar-refractivity contribution is 6.13. The number of carboxylic acids is 1. The summed E-state index contributed by atoms with van der Waals surface area (Å²) < 4.78 is 0. The molecule has 3 aliphatic rings. The normalized spacial score (nSPS) is 34.5. The van der Waals surface area contributed by atoms with E-state index < -0.39 is 23.7 Å². The molecule has 2 unspecified atom stereocenters. The minimum atomic E-state index is -1.03. The second-order valence-electron chi connectivity index (χ2n) is 5.89. The van der Waals surface area contributed by atoms with Crippen molar-refractivity contribution >= 4 is 17.8 Å². The highest BCUT2D eigenvalue weighted by Crippen LogP contribution is 2.53. The van der Waals surface area contributed by atoms with Gasteiger partial charge in [0.1, 0.15) is 0 Å². The zero-order valence-electron chi connectivity index (χ0n) is 11.5. The van der Waals surface area contributed by atoms with E-state index in [0.717, 1.165) is 26.2 Å². The van der Waals surface area contributed by atoms with E-state index >= 15 is 0 Å². The summed E-state index contributed by atoms with van der Waals surface area (Å²) in [6, 6.07) is 0. The maximum atomic E-state index is 12.0. The number of rotatable bonds is 4. The molecule has 1 N–H and O–H groups in total. The Morgan fingerprint density at radius 3 is 2.15 bits per heavy atom. The number of fused-ring (bicyclic) bond motifs is 1. The van der Waals surface area contributed by atoms with Crippen molar-refractivity contribution in [2.24, 2.45) is 17.8 Å². The highest BCUT2D eigenvalue weighted by Gasteiger charge is 2.70. The summed E-state index contributed by atoms with van der Waals surface area (Å²) in [6.45, 7) is 4.94. The average Bonchev–Trinajstić information content (AvgIpc) is 3.10. The molecule has 0 radical (unpaired) electrons. The van der Waals surface area contributed by atoms with Gasteiger partial charge in [0.05, 0.1) is 17.8 Å². The van der Waals surface area contributed by atoms with E-state index in [1.807, 2.05) is 0 Å². The standard InChI is InChI=1S/C13H19N3O4/c1-14-2-4-15(5-3-14)6-7-16-11(17)8-9(12(16)18)10(8)13(19)20/h8-10H,2-7H2,1H3,(H,19,20). The van der Waals surface area contributed by atoms with Crippen LogP contribution in [0.2, 0.25) is 0 Å². The molecule has 20 heavy (non-hydrogen) atoms. The number of aliphatic carboxylic acids is 1. The molecule has 1 aliphatic carbocycles. The first-order chi connectivity index (χ1) is 9.50. The Morgan fingerprint density at radius 1 is 1.10 bits per heavy atom. The molecule has 3 rings (SSSR count). The fraction of sp³-hybridized carbons (Fsp3) is 0.769. The minimum absolute atomic E-state index is 0.290. The van der Waals surface area contributed by atoms with Crippen molar-refractivity contribution in [2.75, 3.05) is 46.3 Å². The topological polar surface area (TPSA) is 81.2 Å². The van der Waals surface area contributed by atoms with Crippen LogP contribution in [0.3, 0.4) is 0 Å². The number of carbonyl (C=O) groups is 3. The molecule has 2 atom stereocenters. The van der Waals surface area contributed by atoms with E-state index in [1.165, 1.54) is 4.90 Å². The lowest BCUT2D eigenvalue weighted by molar-refractivity contribution is -0.148. The van der Waals surface area contributed by atoms with Gasteiger partial charge >= 0.3 is 5.97 Å². The molecule has 7 nitrogen and oxygen atoms in total. The van der Waals surface area contributed by atoms with E-state index in [1.54, 1.807) is 0 Å². The molecule has 2 aliphatic heterocycles. The lowest BCUT2D eigenvalue weighted by Crippen LogP contribution is -2.48. The summed E-state index contributed by atoms with van der Waals surface area (Å²) in [5.41, 5.74) is 0. The first-order valence-corrected chi connectivity index (χ1v) is 6.99. The third-order valence-corrected chi connectivity index (χ3v) is 4.64. The van der Waals surface area contributed by atoms with E-state index in [0.29, 0.717) is 13.1 Å². The number of carboxylic acid groups (broad SMARTS) is 1. The number of hydrogen-bond donors (Lipinski definition) is 1. The van der Waals surface area contributed by atoms with Gasteiger partial charge in [-0.2, -0.15) is 0 Å². The monoisotopic (exact) mass is 281 g/mol. The fourth-order valence-electron chi connectivity index (χ4n) is 3.23. The Balaban J connectivity index is 1.52. The Kier molecular flexibility index (Phi) is 3.25. The van der Waals surface area contributed by atoms with Gasteiger partial charge in [0.25, 0.3) is 0 Å². The van der Waals surface area contributed by atoms with Crippen LogP contribution >= 0.6 is 0 Å². The number of piperidine rings is 1. The summed E-state index contributed by atoms with van der Waals surface area (Å²) in [4.78, 5) is 40.6. The number of amides is 2. The van der Waals surface area contributed by atoms with Crippen LogP contribution in [0.5, 0.6) is 0 Å². The van der Waals surface area contributed by atoms with Gasteiger partial charge in [-0.3, -0.25) is 24.2 Å². The predicted octanol–water partition coefficient (Wildman–Crippen LogP) is -1.45. The lowest BCUT2D eigenvalue weighted by atomic mass is 10.2. The summed E-state index contributed by atoms with van der Waals surface area (Å²) in [5.74, 6) is -3.56. The van der Waals surface area contributed by atoms with Gasteiger partial charge in [0.15, 0.2) is 0 Å². The van der Waals surface area contributed by atoms with Crippen molar-refractivity contribution in [3.8, 4) is 0 Å². The van der Waals surface area contributed by atoms with Gasteiger partial charge in [-0.15, -0.1) is 0 Å². The molecule has 0 spiro atoms. The molecule has 0 bridgehead atoms. The smallest absolute Gasteiger partial charge is 0.308 e. The van der Waals surface area contributed by atoms with Crippen molar-refractivity contribution in [2.45, 2.75) is 0 Å². The van der Waals surface area contributed by atoms with Gasteiger partial charge < -0.3 is 10.0 Å². The molecule has 2 heterocycles. The van der Waals surface area contributed by atoms with Crippen molar-refractivity contribution in [1.29, 1.82) is 0 Å². The van der Waals surface area contributed by atoms with Gasteiger partial charge in [0, 0.05) is 39.3 Å². The quantitative estimate of drug-likeness (QED) is 0.635. The second kappa shape index (κ2) is 4.82. The molecule has 2 saturated heterocycles. The molecule has 0 aromatic rings. The number of piperazine rings is 1. The number of nitrogens with zero attached hydrogens (tertiary/aromatic N) is 3. The third kappa shape index (κ3) is 2.10. The summed E-state index contributed by atoms with van der Waals surface area (Å²) in [5, 5.41) is 8.90. The first kappa shape index (κ1) is 13.5. The van der Waals surface area contributed by atoms with Crippen LogP contribution in [-0.2, 0) is 14.4 Å². The lowest BCUT2D eigenvalue weighted by Gasteiger charge is -2.33. The number of hydrogen-bond acceptors (Lipinski definition) is 5. The van der Waals surface area contributed by atoms with Crippen molar-refractivity contribution in [1.82, 2.24) is 14.7 Å². The van der Waals surface area contributed by atoms with E-state index in [9.17, 15) is 14.4 Å². The van der Waals surface area contributed by atoms with Gasteiger partial charge in [0.2, 0.25) is 11.8 Å². The zero-order chi connectivity index (χ0) is 14.4. The van der Waals surface area contributed by atoms with Crippen molar-refractivity contribution < 1.29 is 19.5 Å². The molecule has 3 fully saturated rings. The molecule has 0 aromatic carbocycles. The van der Waals surface area contributed by atoms with Crippen LogP contribution in [0.4, 0.5) is 0 Å². The Hall–Kier alpha value is -1.47. The zero-order valence-corrected chi connectivity index (χ0v) is 11.5. The van der Waals surface area contributed by atoms with E-state index in [2.05, 4.69) is 16.8 Å². The Labute approximate surface area is 117 Å². The van der Waals surface area contributed by atoms with Crippen LogP contribution < -0.4 is 0 Å². The maximum Gasteiger partial charge on any atom is 0.308 e. The van der Waals surface area contributed by atoms with Crippen molar-refractivity contribution in [3.05, 3.63) is 0 Å². The van der Waals surface area contributed by atoms with Crippen molar-refractivity contribution in [3.63, 3.8) is 0 Å². The number of likely N-dealkylation sites (N-methyl/N-ethyl adjacent to an activating group) is 1. The van der Waals surface area contributed by atoms with Crippen LogP contribution in [0.1, 0.15) is 0 Å². The molecule has 2 amide bonds. The molecular weight excluding hydrogens is 262 g/mol. The number of imide groups is 1. The Bertz CT molecular complexity index is 437. The van der Waals surface area contributed by atoms with Gasteiger partial charge in [-0.1, -0.05) is 0 Å². The summed E-state index contributed by atoms with van der Waals surface area (Å²) >= 11 is 0. The largest absolute Gasteiger partial charge is 0.481 e. The molecule has 110 valence electrons. The SMILES string of the molecule is CN1CCN(CCN2C(=O)C3C(C(=O)O)C3C2=O)CC1. The third-order valence-electron chi connectivity index (χ3n) is 4.64. The molecular formula is C13H19N3O4. The van der Waals surface area contributed by atoms with Crippen LogP contribution in [0.25, 0.3) is 0 Å². The van der Waals surface area contributed by atoms with E-state index in [-0.39, 0.29) is 11.8 Å². The maximum absolute atomic E-state index is 12.0. The first-order valence-electron chi connectivity index (χ1n) is 6.99. The molecule has 0 aromatic heterocycles. The van der Waals surface area contributed by atoms with Crippen LogP contribution in [-0.4, -0.2) is 83.9 Å². The number of likely N-dealkylation sites (tertiary alicyclic amines) is 1. The molecule has 1 saturated carbocycles. The van der Waals surface area contributed by atoms with Crippen LogP contribution in [0.15, 0.2) is 0 Å². The van der Waals surface area contributed by atoms with E-state index in [4.69, 9.17) is 5.11 Å². The highest BCUT2D eigenvalue weighted by atomic mass is 16.4. The van der Waals surface area contributed by atoms with Gasteiger partial charge in [-0.05, 0) is 7.05 Å². The summed E-state index contributed by atoms with van der Waals surface area (Å²) in [6.07, 6.45) is 0. The average molecular weight is 281 g/mol. The predicted molar refractivity (Wildman–Crippen MR) is 68.8 cm³/mol. The van der Waals surface area contributed by atoms with Crippen LogP contribution in [0, 0.1) is 17.8 Å². The minimum Gasteiger partial charge on any atom is -0.481 e.